The molecule has 3 nitrogen and oxygen atoms in total. The summed E-state index contributed by atoms with van der Waals surface area (Å²) in [5.41, 5.74) is 2.95. The minimum absolute atomic E-state index is 0.109. The predicted molar refractivity (Wildman–Crippen MR) is 118 cm³/mol. The molecule has 0 aliphatic rings. The second-order valence-corrected chi connectivity index (χ2v) is 8.84. The topological polar surface area (TPSA) is 42.0 Å². The first-order chi connectivity index (χ1) is 13.1. The van der Waals surface area contributed by atoms with E-state index >= 15 is 0 Å². The number of carbonyl (C=O) groups excluding carboxylic acids is 1. The molecule has 0 aliphatic heterocycles. The van der Waals surface area contributed by atoms with Crippen molar-refractivity contribution in [1.29, 1.82) is 0 Å². The number of nitrogens with zero attached hydrogens (tertiary/aromatic N) is 1. The predicted octanol–water partition coefficient (Wildman–Crippen LogP) is 6.31. The number of benzene rings is 2. The molecule has 1 aromatic heterocycles. The third kappa shape index (κ3) is 5.26. The van der Waals surface area contributed by atoms with Crippen LogP contribution in [0.15, 0.2) is 52.7 Å². The lowest BCUT2D eigenvalue weighted by Crippen LogP contribution is -2.18. The first kappa shape index (κ1) is 20.2. The number of rotatable bonds is 8. The summed E-state index contributed by atoms with van der Waals surface area (Å²) in [6.07, 6.45) is 3.72. The first-order valence-electron chi connectivity index (χ1n) is 8.34. The zero-order chi connectivity index (χ0) is 19.2. The van der Waals surface area contributed by atoms with Gasteiger partial charge in [0.2, 0.25) is 0 Å². The van der Waals surface area contributed by atoms with Gasteiger partial charge in [0.1, 0.15) is 6.29 Å². The van der Waals surface area contributed by atoms with Gasteiger partial charge in [0.25, 0.3) is 0 Å². The third-order valence-electron chi connectivity index (χ3n) is 4.02. The molecule has 27 heavy (non-hydrogen) atoms. The quantitative estimate of drug-likeness (QED) is 0.331. The molecule has 2 aromatic carbocycles. The van der Waals surface area contributed by atoms with E-state index < -0.39 is 0 Å². The molecule has 140 valence electrons. The van der Waals surface area contributed by atoms with E-state index in [-0.39, 0.29) is 5.92 Å². The molecule has 0 fully saturated rings. The highest BCUT2D eigenvalue weighted by atomic mass is 35.5. The summed E-state index contributed by atoms with van der Waals surface area (Å²) in [4.78, 5) is 16.2. The zero-order valence-electron chi connectivity index (χ0n) is 14.6. The Morgan fingerprint density at radius 2 is 1.96 bits per heavy atom. The van der Waals surface area contributed by atoms with E-state index in [1.807, 2.05) is 48.7 Å². The largest absolute Gasteiger partial charge is 0.361 e. The molecular formula is C20H18Cl2N2OS2. The Bertz CT molecular complexity index is 916. The molecule has 0 saturated heterocycles. The van der Waals surface area contributed by atoms with Gasteiger partial charge in [-0.1, -0.05) is 70.9 Å². The van der Waals surface area contributed by atoms with Gasteiger partial charge in [0, 0.05) is 18.0 Å². The molecule has 1 unspecified atom stereocenters. The maximum Gasteiger partial charge on any atom is 0.184 e. The van der Waals surface area contributed by atoms with Crippen LogP contribution in [-0.4, -0.2) is 24.1 Å². The van der Waals surface area contributed by atoms with Crippen LogP contribution in [0.3, 0.4) is 0 Å². The fraction of sp³-hybridized carbons (Fsp3) is 0.200. The lowest BCUT2D eigenvalue weighted by molar-refractivity contribution is -0.110. The molecule has 1 N–H and O–H groups in total. The summed E-state index contributed by atoms with van der Waals surface area (Å²) < 4.78 is 1.08. The first-order valence-corrected chi connectivity index (χ1v) is 11.1. The molecule has 0 bridgehead atoms. The number of aldehydes is 1. The molecule has 0 spiro atoms. The number of thiazole rings is 1. The highest BCUT2D eigenvalue weighted by Crippen LogP contribution is 2.39. The second-order valence-electron chi connectivity index (χ2n) is 5.95. The molecule has 0 saturated carbocycles. The van der Waals surface area contributed by atoms with E-state index in [1.54, 1.807) is 29.2 Å². The van der Waals surface area contributed by atoms with Gasteiger partial charge in [-0.3, -0.25) is 0 Å². The van der Waals surface area contributed by atoms with Gasteiger partial charge in [-0.2, -0.15) is 0 Å². The Kier molecular flexibility index (Phi) is 7.19. The molecule has 1 atom stereocenters. The zero-order valence-corrected chi connectivity index (χ0v) is 17.8. The van der Waals surface area contributed by atoms with Crippen molar-refractivity contribution in [3.8, 4) is 11.3 Å². The minimum atomic E-state index is -0.109. The molecule has 3 aromatic rings. The Morgan fingerprint density at radius 1 is 1.19 bits per heavy atom. The van der Waals surface area contributed by atoms with E-state index in [9.17, 15) is 4.79 Å². The number of aromatic nitrogens is 1. The second kappa shape index (κ2) is 9.60. The minimum Gasteiger partial charge on any atom is -0.361 e. The lowest BCUT2D eigenvalue weighted by atomic mass is 10.0. The number of carbonyl (C=O) groups is 1. The molecule has 0 amide bonds. The molecule has 0 aliphatic carbocycles. The van der Waals surface area contributed by atoms with Crippen molar-refractivity contribution in [3.05, 3.63) is 64.1 Å². The monoisotopic (exact) mass is 436 g/mol. The maximum atomic E-state index is 11.5. The van der Waals surface area contributed by atoms with Gasteiger partial charge in [0.15, 0.2) is 5.13 Å². The summed E-state index contributed by atoms with van der Waals surface area (Å²) in [5, 5.41) is 5.13. The van der Waals surface area contributed by atoms with Crippen LogP contribution >= 0.6 is 46.3 Å². The van der Waals surface area contributed by atoms with E-state index in [1.165, 1.54) is 0 Å². The van der Waals surface area contributed by atoms with E-state index in [2.05, 4.69) is 5.32 Å². The van der Waals surface area contributed by atoms with Gasteiger partial charge in [-0.15, -0.1) is 11.8 Å². The summed E-state index contributed by atoms with van der Waals surface area (Å²) in [7, 11) is 0. The third-order valence-corrected chi connectivity index (χ3v) is 6.88. The van der Waals surface area contributed by atoms with Gasteiger partial charge < -0.3 is 10.1 Å². The smallest absolute Gasteiger partial charge is 0.184 e. The maximum absolute atomic E-state index is 11.5. The van der Waals surface area contributed by atoms with E-state index in [4.69, 9.17) is 28.2 Å². The van der Waals surface area contributed by atoms with Crippen molar-refractivity contribution >= 4 is 57.7 Å². The van der Waals surface area contributed by atoms with Crippen LogP contribution in [0.2, 0.25) is 10.0 Å². The van der Waals surface area contributed by atoms with Gasteiger partial charge in [-0.25, -0.2) is 4.98 Å². The number of anilines is 1. The Morgan fingerprint density at radius 3 is 2.63 bits per heavy atom. The molecule has 7 heteroatoms. The summed E-state index contributed by atoms with van der Waals surface area (Å²) in [6.45, 7) is 0.542. The van der Waals surface area contributed by atoms with Crippen LogP contribution < -0.4 is 5.32 Å². The van der Waals surface area contributed by atoms with E-state index in [0.29, 0.717) is 23.0 Å². The SMILES string of the molecule is CSc1sc(NCC(C=O)Cc2ccccc2)nc1-c1ccc(Cl)c(Cl)c1. The molecule has 3 rings (SSSR count). The standard InChI is InChI=1S/C20H18Cl2N2OS2/c1-26-19-18(15-7-8-16(21)17(22)10-15)24-20(27-19)23-11-14(12-25)9-13-5-3-2-4-6-13/h2-8,10,12,14H,9,11H2,1H3,(H,23,24). The number of hydrogen-bond donors (Lipinski definition) is 1. The fourth-order valence-electron chi connectivity index (χ4n) is 2.65. The average molecular weight is 437 g/mol. The van der Waals surface area contributed by atoms with Crippen molar-refractivity contribution in [1.82, 2.24) is 4.98 Å². The molecule has 0 radical (unpaired) electrons. The Labute approximate surface area is 177 Å². The van der Waals surface area contributed by atoms with Gasteiger partial charge >= 0.3 is 0 Å². The highest BCUT2D eigenvalue weighted by Gasteiger charge is 2.15. The number of nitrogens with one attached hydrogen (secondary N) is 1. The fourth-order valence-corrected chi connectivity index (χ4v) is 4.60. The Balaban J connectivity index is 1.72. The summed E-state index contributed by atoms with van der Waals surface area (Å²) in [6, 6.07) is 15.5. The molecular weight excluding hydrogens is 419 g/mol. The van der Waals surface area contributed by atoms with Crippen molar-refractivity contribution in [2.24, 2.45) is 5.92 Å². The van der Waals surface area contributed by atoms with Crippen LogP contribution in [0.4, 0.5) is 5.13 Å². The Hall–Kier alpha value is -1.53. The lowest BCUT2D eigenvalue weighted by Gasteiger charge is -2.10. The van der Waals surface area contributed by atoms with Crippen molar-refractivity contribution in [2.75, 3.05) is 18.1 Å². The van der Waals surface area contributed by atoms with Crippen molar-refractivity contribution in [2.45, 2.75) is 10.6 Å². The van der Waals surface area contributed by atoms with Crippen LogP contribution in [0, 0.1) is 5.92 Å². The van der Waals surface area contributed by atoms with Crippen molar-refractivity contribution < 1.29 is 4.79 Å². The van der Waals surface area contributed by atoms with E-state index in [0.717, 1.165) is 32.4 Å². The van der Waals surface area contributed by atoms with Gasteiger partial charge in [-0.05, 0) is 30.4 Å². The van der Waals surface area contributed by atoms with Gasteiger partial charge in [0.05, 0.1) is 19.9 Å². The number of hydrogen-bond acceptors (Lipinski definition) is 5. The van der Waals surface area contributed by atoms with Crippen LogP contribution in [-0.2, 0) is 11.2 Å². The number of halogens is 2. The molecule has 1 heterocycles. The average Bonchev–Trinajstić information content (AvgIpc) is 3.11. The van der Waals surface area contributed by atoms with Crippen LogP contribution in [0.1, 0.15) is 5.56 Å². The summed E-state index contributed by atoms with van der Waals surface area (Å²) in [5.74, 6) is -0.109. The number of thioether (sulfide) groups is 1. The van der Waals surface area contributed by atoms with Crippen molar-refractivity contribution in [3.63, 3.8) is 0 Å². The van der Waals surface area contributed by atoms with Crippen LogP contribution in [0.5, 0.6) is 0 Å². The highest BCUT2D eigenvalue weighted by molar-refractivity contribution is 8.00. The van der Waals surface area contributed by atoms with Crippen LogP contribution in [0.25, 0.3) is 11.3 Å². The summed E-state index contributed by atoms with van der Waals surface area (Å²) >= 11 is 15.4. The normalized spacial score (nSPS) is 12.0.